The number of esters is 1. The Morgan fingerprint density at radius 3 is 2.67 bits per heavy atom. The number of rotatable bonds is 4. The van der Waals surface area contributed by atoms with Crippen LogP contribution in [0.3, 0.4) is 0 Å². The van der Waals surface area contributed by atoms with Gasteiger partial charge in [0.2, 0.25) is 5.91 Å². The SMILES string of the molecule is CCOC(=O)C1=CC(N2CCCCC2)[C@H](NC(C)=O)CC1. The number of nitrogens with zero attached hydrogens (tertiary/aromatic N) is 1. The van der Waals surface area contributed by atoms with E-state index in [1.807, 2.05) is 13.0 Å². The lowest BCUT2D eigenvalue weighted by Gasteiger charge is -2.40. The number of likely N-dealkylation sites (tertiary alicyclic amines) is 1. The average Bonchev–Trinajstić information content (AvgIpc) is 2.48. The Bertz CT molecular complexity index is 414. The summed E-state index contributed by atoms with van der Waals surface area (Å²) in [6, 6.07) is 0.209. The highest BCUT2D eigenvalue weighted by Gasteiger charge is 2.32. The van der Waals surface area contributed by atoms with Gasteiger partial charge in [-0.15, -0.1) is 0 Å². The van der Waals surface area contributed by atoms with E-state index in [9.17, 15) is 9.59 Å². The lowest BCUT2D eigenvalue weighted by Crippen LogP contribution is -2.53. The minimum absolute atomic E-state index is 0.00464. The van der Waals surface area contributed by atoms with Gasteiger partial charge < -0.3 is 10.1 Å². The predicted molar refractivity (Wildman–Crippen MR) is 80.8 cm³/mol. The van der Waals surface area contributed by atoms with Crippen molar-refractivity contribution in [2.45, 2.75) is 58.0 Å². The first-order valence-electron chi connectivity index (χ1n) is 8.00. The third-order valence-corrected chi connectivity index (χ3v) is 4.25. The lowest BCUT2D eigenvalue weighted by atomic mass is 9.89. The third kappa shape index (κ3) is 4.30. The molecule has 2 atom stereocenters. The summed E-state index contributed by atoms with van der Waals surface area (Å²) in [7, 11) is 0. The van der Waals surface area contributed by atoms with E-state index in [4.69, 9.17) is 4.74 Å². The molecule has 21 heavy (non-hydrogen) atoms. The van der Waals surface area contributed by atoms with Crippen molar-refractivity contribution >= 4 is 11.9 Å². The molecule has 0 aromatic rings. The number of piperidine rings is 1. The van der Waals surface area contributed by atoms with Crippen molar-refractivity contribution in [3.8, 4) is 0 Å². The topological polar surface area (TPSA) is 58.6 Å². The number of ether oxygens (including phenoxy) is 1. The molecule has 1 N–H and O–H groups in total. The van der Waals surface area contributed by atoms with E-state index in [-0.39, 0.29) is 24.0 Å². The van der Waals surface area contributed by atoms with E-state index in [1.54, 1.807) is 6.92 Å². The van der Waals surface area contributed by atoms with Crippen LogP contribution in [-0.4, -0.2) is 48.6 Å². The number of hydrogen-bond donors (Lipinski definition) is 1. The van der Waals surface area contributed by atoms with Crippen LogP contribution in [0.1, 0.15) is 46.0 Å². The van der Waals surface area contributed by atoms with Crippen molar-refractivity contribution in [1.29, 1.82) is 0 Å². The fraction of sp³-hybridized carbons (Fsp3) is 0.750. The van der Waals surface area contributed by atoms with Crippen molar-refractivity contribution in [2.24, 2.45) is 0 Å². The molecule has 0 bridgehead atoms. The maximum atomic E-state index is 12.0. The molecule has 0 radical (unpaired) electrons. The van der Waals surface area contributed by atoms with E-state index in [2.05, 4.69) is 10.2 Å². The minimum Gasteiger partial charge on any atom is -0.463 e. The highest BCUT2D eigenvalue weighted by Crippen LogP contribution is 2.26. The van der Waals surface area contributed by atoms with Crippen molar-refractivity contribution < 1.29 is 14.3 Å². The Morgan fingerprint density at radius 1 is 1.33 bits per heavy atom. The van der Waals surface area contributed by atoms with Gasteiger partial charge in [0, 0.05) is 24.6 Å². The molecular weight excluding hydrogens is 268 g/mol. The smallest absolute Gasteiger partial charge is 0.333 e. The standard InChI is InChI=1S/C16H26N2O3/c1-3-21-16(20)13-7-8-14(17-12(2)19)15(11-13)18-9-5-4-6-10-18/h11,14-15H,3-10H2,1-2H3,(H,17,19)/t14-,15?/m1/s1. The van der Waals surface area contributed by atoms with Gasteiger partial charge in [-0.05, 0) is 45.7 Å². The van der Waals surface area contributed by atoms with Crippen LogP contribution in [-0.2, 0) is 14.3 Å². The molecule has 2 rings (SSSR count). The van der Waals surface area contributed by atoms with Crippen LogP contribution in [0.15, 0.2) is 11.6 Å². The van der Waals surface area contributed by atoms with E-state index in [0.29, 0.717) is 13.0 Å². The van der Waals surface area contributed by atoms with Gasteiger partial charge in [-0.25, -0.2) is 4.79 Å². The van der Waals surface area contributed by atoms with Gasteiger partial charge in [0.05, 0.1) is 6.61 Å². The van der Waals surface area contributed by atoms with Gasteiger partial charge in [0.15, 0.2) is 0 Å². The summed E-state index contributed by atoms with van der Waals surface area (Å²) in [6.07, 6.45) is 7.13. The third-order valence-electron chi connectivity index (χ3n) is 4.25. The van der Waals surface area contributed by atoms with Crippen LogP contribution in [0.2, 0.25) is 0 Å². The molecule has 1 aliphatic carbocycles. The minimum atomic E-state index is -0.208. The van der Waals surface area contributed by atoms with E-state index in [1.165, 1.54) is 19.3 Å². The number of hydrogen-bond acceptors (Lipinski definition) is 4. The first-order valence-corrected chi connectivity index (χ1v) is 8.00. The number of carbonyl (C=O) groups excluding carboxylic acids is 2. The van der Waals surface area contributed by atoms with Gasteiger partial charge in [-0.3, -0.25) is 9.69 Å². The molecule has 1 heterocycles. The summed E-state index contributed by atoms with van der Waals surface area (Å²) in [5, 5.41) is 3.04. The maximum Gasteiger partial charge on any atom is 0.333 e. The Morgan fingerprint density at radius 2 is 2.05 bits per heavy atom. The Hall–Kier alpha value is -1.36. The zero-order valence-electron chi connectivity index (χ0n) is 13.1. The zero-order valence-corrected chi connectivity index (χ0v) is 13.1. The molecule has 2 aliphatic rings. The molecule has 0 spiro atoms. The molecule has 1 aliphatic heterocycles. The maximum absolute atomic E-state index is 12.0. The van der Waals surface area contributed by atoms with Gasteiger partial charge >= 0.3 is 5.97 Å². The lowest BCUT2D eigenvalue weighted by molar-refractivity contribution is -0.138. The Labute approximate surface area is 126 Å². The summed E-state index contributed by atoms with van der Waals surface area (Å²) < 4.78 is 5.12. The summed E-state index contributed by atoms with van der Waals surface area (Å²) >= 11 is 0. The summed E-state index contributed by atoms with van der Waals surface area (Å²) in [4.78, 5) is 25.8. The van der Waals surface area contributed by atoms with Crippen LogP contribution >= 0.6 is 0 Å². The van der Waals surface area contributed by atoms with Crippen molar-refractivity contribution in [3.63, 3.8) is 0 Å². The highest BCUT2D eigenvalue weighted by atomic mass is 16.5. The van der Waals surface area contributed by atoms with Crippen molar-refractivity contribution in [1.82, 2.24) is 10.2 Å². The number of amides is 1. The molecular formula is C16H26N2O3. The summed E-state index contributed by atoms with van der Waals surface area (Å²) in [5.41, 5.74) is 0.758. The van der Waals surface area contributed by atoms with E-state index >= 15 is 0 Å². The second-order valence-electron chi connectivity index (χ2n) is 5.85. The Balaban J connectivity index is 2.14. The second-order valence-corrected chi connectivity index (χ2v) is 5.85. The van der Waals surface area contributed by atoms with Crippen LogP contribution < -0.4 is 5.32 Å². The molecule has 5 nitrogen and oxygen atoms in total. The molecule has 1 fully saturated rings. The van der Waals surface area contributed by atoms with Crippen LogP contribution in [0.5, 0.6) is 0 Å². The van der Waals surface area contributed by atoms with Gasteiger partial charge in [-0.1, -0.05) is 12.5 Å². The first kappa shape index (κ1) is 16.0. The van der Waals surface area contributed by atoms with Crippen LogP contribution in [0.4, 0.5) is 0 Å². The second kappa shape index (κ2) is 7.59. The van der Waals surface area contributed by atoms with Gasteiger partial charge in [-0.2, -0.15) is 0 Å². The van der Waals surface area contributed by atoms with Gasteiger partial charge in [0.25, 0.3) is 0 Å². The van der Waals surface area contributed by atoms with Crippen LogP contribution in [0, 0.1) is 0 Å². The fourth-order valence-corrected chi connectivity index (χ4v) is 3.28. The quantitative estimate of drug-likeness (QED) is 0.801. The average molecular weight is 294 g/mol. The molecule has 1 unspecified atom stereocenters. The molecule has 0 saturated carbocycles. The molecule has 1 saturated heterocycles. The highest BCUT2D eigenvalue weighted by molar-refractivity contribution is 5.88. The molecule has 0 aromatic carbocycles. The normalized spacial score (nSPS) is 26.9. The molecule has 5 heteroatoms. The largest absolute Gasteiger partial charge is 0.463 e. The summed E-state index contributed by atoms with van der Waals surface area (Å²) in [5.74, 6) is -0.212. The van der Waals surface area contributed by atoms with Crippen molar-refractivity contribution in [2.75, 3.05) is 19.7 Å². The Kier molecular flexibility index (Phi) is 5.79. The molecule has 0 aromatic heterocycles. The monoisotopic (exact) mass is 294 g/mol. The molecule has 1 amide bonds. The van der Waals surface area contributed by atoms with E-state index < -0.39 is 0 Å². The number of nitrogens with one attached hydrogen (secondary N) is 1. The summed E-state index contributed by atoms with van der Waals surface area (Å²) in [6.45, 7) is 5.85. The molecule has 118 valence electrons. The number of carbonyl (C=O) groups is 2. The first-order chi connectivity index (χ1) is 10.1. The van der Waals surface area contributed by atoms with Crippen molar-refractivity contribution in [3.05, 3.63) is 11.6 Å². The van der Waals surface area contributed by atoms with Gasteiger partial charge in [0.1, 0.15) is 0 Å². The zero-order chi connectivity index (χ0) is 15.2. The van der Waals surface area contributed by atoms with E-state index in [0.717, 1.165) is 25.1 Å². The van der Waals surface area contributed by atoms with Crippen LogP contribution in [0.25, 0.3) is 0 Å². The predicted octanol–water partition coefficient (Wildman–Crippen LogP) is 1.63. The fourth-order valence-electron chi connectivity index (χ4n) is 3.28.